The Morgan fingerprint density at radius 2 is 1.62 bits per heavy atom. The van der Waals surface area contributed by atoms with Gasteiger partial charge in [0.05, 0.1) is 5.56 Å². The molecule has 2 aromatic carbocycles. The Kier molecular flexibility index (Phi) is 6.79. The maximum Gasteiger partial charge on any atom is 0.573 e. The van der Waals surface area contributed by atoms with Crippen LogP contribution in [-0.4, -0.2) is 6.36 Å². The summed E-state index contributed by atoms with van der Waals surface area (Å²) in [6.07, 6.45) is 4.54. The third-order valence-corrected chi connectivity index (χ3v) is 7.15. The predicted molar refractivity (Wildman–Crippen MR) is 117 cm³/mol. The van der Waals surface area contributed by atoms with E-state index in [4.69, 9.17) is 0 Å². The minimum atomic E-state index is -4.73. The molecule has 0 N–H and O–H groups in total. The molecule has 0 aromatic heterocycles. The SMILES string of the molecule is CCC1CCC(C2CCc3c(ccc(C#Cc4ccc(OC(F)(F)F)cc4)c3F)C2)CC1. The van der Waals surface area contributed by atoms with E-state index in [1.54, 1.807) is 6.07 Å². The summed E-state index contributed by atoms with van der Waals surface area (Å²) in [7, 11) is 0. The number of alkyl halides is 3. The molecule has 1 fully saturated rings. The van der Waals surface area contributed by atoms with Crippen molar-refractivity contribution in [3.8, 4) is 17.6 Å². The molecule has 0 aliphatic heterocycles. The van der Waals surface area contributed by atoms with Gasteiger partial charge in [0.25, 0.3) is 0 Å². The van der Waals surface area contributed by atoms with Crippen molar-refractivity contribution < 1.29 is 22.3 Å². The fourth-order valence-electron chi connectivity index (χ4n) is 5.28. The van der Waals surface area contributed by atoms with Gasteiger partial charge in [0.15, 0.2) is 0 Å². The van der Waals surface area contributed by atoms with E-state index in [0.29, 0.717) is 17.0 Å². The first kappa shape index (κ1) is 22.7. The Bertz CT molecular complexity index is 989. The monoisotopic (exact) mass is 444 g/mol. The number of benzene rings is 2. The lowest BCUT2D eigenvalue weighted by Crippen LogP contribution is -2.27. The third-order valence-electron chi connectivity index (χ3n) is 7.15. The number of hydrogen-bond donors (Lipinski definition) is 0. The van der Waals surface area contributed by atoms with E-state index in [1.165, 1.54) is 56.4 Å². The van der Waals surface area contributed by atoms with E-state index in [1.807, 2.05) is 6.07 Å². The molecular weight excluding hydrogens is 416 g/mol. The van der Waals surface area contributed by atoms with Crippen molar-refractivity contribution in [2.75, 3.05) is 0 Å². The molecule has 1 nitrogen and oxygen atoms in total. The van der Waals surface area contributed by atoms with Gasteiger partial charge >= 0.3 is 6.36 Å². The van der Waals surface area contributed by atoms with Crippen molar-refractivity contribution in [2.45, 2.75) is 64.7 Å². The average Bonchev–Trinajstić information content (AvgIpc) is 2.78. The average molecular weight is 445 g/mol. The molecule has 2 aliphatic rings. The second kappa shape index (κ2) is 9.57. The van der Waals surface area contributed by atoms with Crippen molar-refractivity contribution in [1.29, 1.82) is 0 Å². The first-order valence-corrected chi connectivity index (χ1v) is 11.5. The number of fused-ring (bicyclic) bond motifs is 1. The first-order chi connectivity index (χ1) is 15.3. The molecule has 0 bridgehead atoms. The minimum Gasteiger partial charge on any atom is -0.406 e. The van der Waals surface area contributed by atoms with Gasteiger partial charge in [-0.1, -0.05) is 44.1 Å². The van der Waals surface area contributed by atoms with Gasteiger partial charge in [-0.05, 0) is 91.3 Å². The molecule has 0 heterocycles. The highest BCUT2D eigenvalue weighted by atomic mass is 19.4. The molecule has 32 heavy (non-hydrogen) atoms. The molecule has 0 radical (unpaired) electrons. The Morgan fingerprint density at radius 1 is 0.906 bits per heavy atom. The summed E-state index contributed by atoms with van der Waals surface area (Å²) >= 11 is 0. The molecule has 4 rings (SSSR count). The standard InChI is InChI=1S/C27H28F4O/c1-2-18-3-8-20(9-4-18)22-13-16-25-23(17-22)12-11-21(26(25)28)10-5-19-6-14-24(15-7-19)32-27(29,30)31/h6-7,11-12,14-15,18,20,22H,2-4,8-9,13,16-17H2,1H3. The molecule has 0 amide bonds. The van der Waals surface area contributed by atoms with Gasteiger partial charge in [0, 0.05) is 5.56 Å². The summed E-state index contributed by atoms with van der Waals surface area (Å²) in [5.41, 5.74) is 2.72. The molecule has 2 aliphatic carbocycles. The van der Waals surface area contributed by atoms with E-state index in [2.05, 4.69) is 23.5 Å². The van der Waals surface area contributed by atoms with Crippen molar-refractivity contribution in [1.82, 2.24) is 0 Å². The van der Waals surface area contributed by atoms with Gasteiger partial charge in [-0.25, -0.2) is 4.39 Å². The van der Waals surface area contributed by atoms with Crippen molar-refractivity contribution in [3.05, 3.63) is 64.5 Å². The van der Waals surface area contributed by atoms with Crippen LogP contribution >= 0.6 is 0 Å². The van der Waals surface area contributed by atoms with Gasteiger partial charge in [-0.3, -0.25) is 0 Å². The predicted octanol–water partition coefficient (Wildman–Crippen LogP) is 7.45. The van der Waals surface area contributed by atoms with Gasteiger partial charge in [0.1, 0.15) is 11.6 Å². The highest BCUT2D eigenvalue weighted by Gasteiger charge is 2.32. The van der Waals surface area contributed by atoms with Crippen LogP contribution in [0.4, 0.5) is 17.6 Å². The van der Waals surface area contributed by atoms with Gasteiger partial charge in [-0.2, -0.15) is 0 Å². The Balaban J connectivity index is 1.43. The van der Waals surface area contributed by atoms with Crippen LogP contribution in [0, 0.1) is 35.4 Å². The smallest absolute Gasteiger partial charge is 0.406 e. The lowest BCUT2D eigenvalue weighted by molar-refractivity contribution is -0.274. The zero-order chi connectivity index (χ0) is 22.7. The molecule has 2 aromatic rings. The number of hydrogen-bond acceptors (Lipinski definition) is 1. The lowest BCUT2D eigenvalue weighted by atomic mass is 9.69. The van der Waals surface area contributed by atoms with Crippen LogP contribution in [0.2, 0.25) is 0 Å². The molecule has 1 unspecified atom stereocenters. The molecule has 170 valence electrons. The van der Waals surface area contributed by atoms with Crippen LogP contribution in [0.1, 0.15) is 67.7 Å². The number of halogens is 4. The summed E-state index contributed by atoms with van der Waals surface area (Å²) in [5, 5.41) is 0. The maximum absolute atomic E-state index is 15.1. The van der Waals surface area contributed by atoms with Crippen LogP contribution in [0.5, 0.6) is 5.75 Å². The van der Waals surface area contributed by atoms with Crippen molar-refractivity contribution >= 4 is 0 Å². The van der Waals surface area contributed by atoms with E-state index >= 15 is 4.39 Å². The largest absolute Gasteiger partial charge is 0.573 e. The summed E-state index contributed by atoms with van der Waals surface area (Å²) in [6.45, 7) is 2.28. The molecular formula is C27H28F4O. The third kappa shape index (κ3) is 5.46. The fourth-order valence-corrected chi connectivity index (χ4v) is 5.28. The maximum atomic E-state index is 15.1. The Morgan fingerprint density at radius 3 is 2.28 bits per heavy atom. The second-order valence-corrected chi connectivity index (χ2v) is 9.08. The zero-order valence-corrected chi connectivity index (χ0v) is 18.3. The van der Waals surface area contributed by atoms with Crippen LogP contribution in [-0.2, 0) is 12.8 Å². The van der Waals surface area contributed by atoms with Crippen molar-refractivity contribution in [2.24, 2.45) is 17.8 Å². The van der Waals surface area contributed by atoms with E-state index in [-0.39, 0.29) is 11.6 Å². The van der Waals surface area contributed by atoms with Gasteiger partial charge in [0.2, 0.25) is 0 Å². The number of ether oxygens (including phenoxy) is 1. The quantitative estimate of drug-likeness (QED) is 0.353. The first-order valence-electron chi connectivity index (χ1n) is 11.5. The topological polar surface area (TPSA) is 9.23 Å². The van der Waals surface area contributed by atoms with Crippen LogP contribution in [0.3, 0.4) is 0 Å². The van der Waals surface area contributed by atoms with E-state index in [0.717, 1.165) is 42.2 Å². The summed E-state index contributed by atoms with van der Waals surface area (Å²) < 4.78 is 55.8. The lowest BCUT2D eigenvalue weighted by Gasteiger charge is -2.36. The molecule has 5 heteroatoms. The van der Waals surface area contributed by atoms with Crippen LogP contribution in [0.25, 0.3) is 0 Å². The fraction of sp³-hybridized carbons (Fsp3) is 0.481. The highest BCUT2D eigenvalue weighted by Crippen LogP contribution is 2.41. The summed E-state index contributed by atoms with van der Waals surface area (Å²) in [5.74, 6) is 7.42. The number of rotatable bonds is 3. The van der Waals surface area contributed by atoms with Gasteiger partial charge < -0.3 is 4.74 Å². The van der Waals surface area contributed by atoms with Crippen LogP contribution < -0.4 is 4.74 Å². The minimum absolute atomic E-state index is 0.250. The van der Waals surface area contributed by atoms with E-state index < -0.39 is 6.36 Å². The summed E-state index contributed by atoms with van der Waals surface area (Å²) in [6, 6.07) is 9.01. The van der Waals surface area contributed by atoms with Crippen LogP contribution in [0.15, 0.2) is 36.4 Å². The van der Waals surface area contributed by atoms with Gasteiger partial charge in [-0.15, -0.1) is 13.2 Å². The Hall–Kier alpha value is -2.48. The highest BCUT2D eigenvalue weighted by molar-refractivity contribution is 5.48. The molecule has 0 spiro atoms. The van der Waals surface area contributed by atoms with E-state index in [9.17, 15) is 13.2 Å². The molecule has 1 atom stereocenters. The van der Waals surface area contributed by atoms with Crippen molar-refractivity contribution in [3.63, 3.8) is 0 Å². The zero-order valence-electron chi connectivity index (χ0n) is 18.3. The summed E-state index contributed by atoms with van der Waals surface area (Å²) in [4.78, 5) is 0. The molecule has 0 saturated heterocycles. The molecule has 1 saturated carbocycles. The Labute approximate surface area is 187 Å². The normalized spacial score (nSPS) is 23.1. The second-order valence-electron chi connectivity index (χ2n) is 9.08.